The second-order valence-electron chi connectivity index (χ2n) is 8.37. The van der Waals surface area contributed by atoms with Crippen LogP contribution < -0.4 is 5.32 Å². The number of carboxylic acid groups (broad SMARTS) is 1. The lowest BCUT2D eigenvalue weighted by Crippen LogP contribution is -2.53. The van der Waals surface area contributed by atoms with Gasteiger partial charge in [0.05, 0.1) is 0 Å². The highest BCUT2D eigenvalue weighted by Gasteiger charge is 2.38. The zero-order valence-electron chi connectivity index (χ0n) is 17.6. The third-order valence-corrected chi connectivity index (χ3v) is 5.73. The summed E-state index contributed by atoms with van der Waals surface area (Å²) in [6.45, 7) is 8.84. The van der Waals surface area contributed by atoms with Crippen LogP contribution in [0.5, 0.6) is 0 Å². The average molecular weight is 416 g/mol. The predicted molar refractivity (Wildman–Crippen MR) is 118 cm³/mol. The minimum atomic E-state index is -1.09. The lowest BCUT2D eigenvalue weighted by Gasteiger charge is -2.32. The lowest BCUT2D eigenvalue weighted by atomic mass is 10.0. The number of aliphatic carboxylic acids is 1. The quantitative estimate of drug-likeness (QED) is 0.638. The van der Waals surface area contributed by atoms with Gasteiger partial charge in [0.2, 0.25) is 0 Å². The summed E-state index contributed by atoms with van der Waals surface area (Å²) in [6.07, 6.45) is -0.731. The van der Waals surface area contributed by atoms with Gasteiger partial charge in [0.15, 0.2) is 0 Å². The molecular formula is C23H29NO4S. The van der Waals surface area contributed by atoms with Gasteiger partial charge in [-0.3, -0.25) is 0 Å². The van der Waals surface area contributed by atoms with E-state index in [2.05, 4.69) is 29.6 Å². The molecule has 0 radical (unpaired) electrons. The van der Waals surface area contributed by atoms with Gasteiger partial charge < -0.3 is 15.2 Å². The Kier molecular flexibility index (Phi) is 7.36. The van der Waals surface area contributed by atoms with Crippen LogP contribution in [0.15, 0.2) is 54.6 Å². The monoisotopic (exact) mass is 415 g/mol. The zero-order valence-corrected chi connectivity index (χ0v) is 18.4. The van der Waals surface area contributed by atoms with Crippen LogP contribution in [0.3, 0.4) is 0 Å². The van der Waals surface area contributed by atoms with E-state index in [0.717, 1.165) is 16.7 Å². The normalized spacial score (nSPS) is 12.9. The highest BCUT2D eigenvalue weighted by molar-refractivity contribution is 7.99. The number of benzene rings is 2. The molecule has 2 N–H and O–H groups in total. The number of alkyl carbamates (subject to hydrolysis) is 1. The van der Waals surface area contributed by atoms with Crippen LogP contribution in [0.4, 0.5) is 4.79 Å². The summed E-state index contributed by atoms with van der Waals surface area (Å²) in [5.74, 6) is -0.463. The maximum Gasteiger partial charge on any atom is 0.408 e. The van der Waals surface area contributed by atoms with Gasteiger partial charge in [-0.05, 0) is 51.3 Å². The summed E-state index contributed by atoms with van der Waals surface area (Å²) in [6, 6.07) is 17.3. The molecule has 1 atom stereocenters. The number of carbonyl (C=O) groups is 2. The first-order valence-corrected chi connectivity index (χ1v) is 10.5. The molecule has 156 valence electrons. The zero-order chi connectivity index (χ0) is 21.7. The van der Waals surface area contributed by atoms with E-state index in [1.165, 1.54) is 11.8 Å². The molecule has 0 aliphatic rings. The lowest BCUT2D eigenvalue weighted by molar-refractivity contribution is -0.140. The van der Waals surface area contributed by atoms with Crippen molar-refractivity contribution >= 4 is 23.8 Å². The molecule has 2 aromatic rings. The SMILES string of the molecule is CC(C)(C)OC(=O)N[C@H](C(=O)O)C(C)(C)SCc1ccc(-c2ccccc2)cc1. The Balaban J connectivity index is 2.02. The van der Waals surface area contributed by atoms with Crippen molar-refractivity contribution in [3.8, 4) is 11.1 Å². The smallest absolute Gasteiger partial charge is 0.408 e. The van der Waals surface area contributed by atoms with Crippen molar-refractivity contribution in [2.45, 2.75) is 56.8 Å². The molecule has 0 aliphatic heterocycles. The van der Waals surface area contributed by atoms with Gasteiger partial charge in [-0.1, -0.05) is 54.6 Å². The topological polar surface area (TPSA) is 75.6 Å². The molecule has 5 nitrogen and oxygen atoms in total. The Morgan fingerprint density at radius 1 is 0.966 bits per heavy atom. The van der Waals surface area contributed by atoms with Crippen LogP contribution in [-0.2, 0) is 15.3 Å². The standard InChI is InChI=1S/C23H29NO4S/c1-22(2,3)28-21(27)24-19(20(25)26)23(4,5)29-15-16-11-13-18(14-12-16)17-9-7-6-8-10-17/h6-14,19H,15H2,1-5H3,(H,24,27)(H,25,26)/t19-/m1/s1. The fraction of sp³-hybridized carbons (Fsp3) is 0.391. The first-order chi connectivity index (χ1) is 13.5. The maximum absolute atomic E-state index is 12.1. The van der Waals surface area contributed by atoms with Crippen LogP contribution in [-0.4, -0.2) is 33.6 Å². The van der Waals surface area contributed by atoms with Crippen molar-refractivity contribution in [3.05, 3.63) is 60.2 Å². The summed E-state index contributed by atoms with van der Waals surface area (Å²) in [7, 11) is 0. The van der Waals surface area contributed by atoms with E-state index in [1.807, 2.05) is 44.2 Å². The molecule has 0 bridgehead atoms. The van der Waals surface area contributed by atoms with Crippen molar-refractivity contribution in [3.63, 3.8) is 0 Å². The molecule has 0 unspecified atom stereocenters. The van der Waals surface area contributed by atoms with Gasteiger partial charge >= 0.3 is 12.1 Å². The summed E-state index contributed by atoms with van der Waals surface area (Å²) in [5.41, 5.74) is 2.68. The number of thioether (sulfide) groups is 1. The third kappa shape index (κ3) is 7.13. The number of carbonyl (C=O) groups excluding carboxylic acids is 1. The van der Waals surface area contributed by atoms with Crippen molar-refractivity contribution in [2.75, 3.05) is 0 Å². The van der Waals surface area contributed by atoms with Crippen LogP contribution in [0.1, 0.15) is 40.2 Å². The highest BCUT2D eigenvalue weighted by atomic mass is 32.2. The summed E-state index contributed by atoms with van der Waals surface area (Å²) >= 11 is 1.48. The Bertz CT molecular complexity index is 826. The Labute approximate surface area is 176 Å². The van der Waals surface area contributed by atoms with Crippen molar-refractivity contribution in [2.24, 2.45) is 0 Å². The van der Waals surface area contributed by atoms with Gasteiger partial charge in [0.25, 0.3) is 0 Å². The first-order valence-electron chi connectivity index (χ1n) is 9.48. The van der Waals surface area contributed by atoms with Crippen LogP contribution in [0.2, 0.25) is 0 Å². The fourth-order valence-electron chi connectivity index (χ4n) is 2.73. The Hall–Kier alpha value is -2.47. The molecule has 2 rings (SSSR count). The average Bonchev–Trinajstić information content (AvgIpc) is 2.64. The maximum atomic E-state index is 12.1. The van der Waals surface area contributed by atoms with E-state index in [1.54, 1.807) is 20.8 Å². The van der Waals surface area contributed by atoms with Gasteiger partial charge in [-0.25, -0.2) is 9.59 Å². The second-order valence-corrected chi connectivity index (χ2v) is 10.0. The van der Waals surface area contributed by atoms with Gasteiger partial charge in [0.1, 0.15) is 11.6 Å². The van der Waals surface area contributed by atoms with Crippen molar-refractivity contribution in [1.82, 2.24) is 5.32 Å². The van der Waals surface area contributed by atoms with Crippen molar-refractivity contribution < 1.29 is 19.4 Å². The minimum Gasteiger partial charge on any atom is -0.480 e. The third-order valence-electron chi connectivity index (χ3n) is 4.28. The van der Waals surface area contributed by atoms with Gasteiger partial charge in [0, 0.05) is 10.5 Å². The van der Waals surface area contributed by atoms with Crippen LogP contribution in [0, 0.1) is 0 Å². The number of rotatable bonds is 7. The molecule has 0 saturated heterocycles. The van der Waals surface area contributed by atoms with E-state index >= 15 is 0 Å². The summed E-state index contributed by atoms with van der Waals surface area (Å²) < 4.78 is 4.47. The first kappa shape index (κ1) is 22.8. The van der Waals surface area contributed by atoms with Crippen LogP contribution >= 0.6 is 11.8 Å². The second kappa shape index (κ2) is 9.35. The van der Waals surface area contributed by atoms with Gasteiger partial charge in [-0.15, -0.1) is 11.8 Å². The van der Waals surface area contributed by atoms with Gasteiger partial charge in [-0.2, -0.15) is 0 Å². The number of ether oxygens (including phenoxy) is 1. The molecule has 0 aliphatic carbocycles. The largest absolute Gasteiger partial charge is 0.480 e. The molecule has 0 saturated carbocycles. The molecule has 0 fully saturated rings. The summed E-state index contributed by atoms with van der Waals surface area (Å²) in [5, 5.41) is 12.1. The van der Waals surface area contributed by atoms with E-state index < -0.39 is 28.5 Å². The van der Waals surface area contributed by atoms with Crippen molar-refractivity contribution in [1.29, 1.82) is 0 Å². The molecule has 0 heterocycles. The Morgan fingerprint density at radius 3 is 2.03 bits per heavy atom. The molecular weight excluding hydrogens is 386 g/mol. The number of carboxylic acids is 1. The fourth-order valence-corrected chi connectivity index (χ4v) is 3.79. The Morgan fingerprint density at radius 2 is 1.52 bits per heavy atom. The minimum absolute atomic E-state index is 0.627. The molecule has 2 aromatic carbocycles. The predicted octanol–water partition coefficient (Wildman–Crippen LogP) is 5.34. The summed E-state index contributed by atoms with van der Waals surface area (Å²) in [4.78, 5) is 23.8. The molecule has 0 aromatic heterocycles. The number of hydrogen-bond acceptors (Lipinski definition) is 4. The van der Waals surface area contributed by atoms with E-state index in [9.17, 15) is 14.7 Å². The molecule has 29 heavy (non-hydrogen) atoms. The molecule has 1 amide bonds. The van der Waals surface area contributed by atoms with E-state index in [-0.39, 0.29) is 0 Å². The number of amides is 1. The highest BCUT2D eigenvalue weighted by Crippen LogP contribution is 2.32. The molecule has 0 spiro atoms. The number of nitrogens with one attached hydrogen (secondary N) is 1. The van der Waals surface area contributed by atoms with Crippen LogP contribution in [0.25, 0.3) is 11.1 Å². The number of hydrogen-bond donors (Lipinski definition) is 2. The van der Waals surface area contributed by atoms with E-state index in [4.69, 9.17) is 4.74 Å². The molecule has 6 heteroatoms. The van der Waals surface area contributed by atoms with E-state index in [0.29, 0.717) is 5.75 Å².